The van der Waals surface area contributed by atoms with Crippen LogP contribution in [0.4, 0.5) is 11.6 Å². The maximum Gasteiger partial charge on any atom is 0.241 e. The second-order valence-corrected chi connectivity index (χ2v) is 8.00. The average Bonchev–Trinajstić information content (AvgIpc) is 3.33. The van der Waals surface area contributed by atoms with Crippen LogP contribution in [0.3, 0.4) is 0 Å². The number of hydrogen-bond donors (Lipinski definition) is 4. The molecule has 4 rings (SSSR count). The van der Waals surface area contributed by atoms with E-state index in [1.807, 2.05) is 0 Å². The number of aromatic hydroxyl groups is 1. The average molecular weight is 400 g/mol. The van der Waals surface area contributed by atoms with Crippen molar-refractivity contribution >= 4 is 40.5 Å². The Bertz CT molecular complexity index is 1030. The van der Waals surface area contributed by atoms with E-state index in [2.05, 4.69) is 25.3 Å². The molecule has 1 amide bonds. The van der Waals surface area contributed by atoms with Crippen molar-refractivity contribution < 1.29 is 14.6 Å². The van der Waals surface area contributed by atoms with Crippen LogP contribution in [0, 0.1) is 0 Å². The number of methoxy groups -OCH3 is 1. The molecule has 146 valence electrons. The molecule has 1 saturated carbocycles. The Balaban J connectivity index is 1.64. The summed E-state index contributed by atoms with van der Waals surface area (Å²) in [6.45, 7) is 0. The summed E-state index contributed by atoms with van der Waals surface area (Å²) in [6, 6.07) is 4.72. The zero-order chi connectivity index (χ0) is 19.7. The van der Waals surface area contributed by atoms with Crippen molar-refractivity contribution in [3.8, 4) is 11.5 Å². The van der Waals surface area contributed by atoms with Crippen LogP contribution in [0.5, 0.6) is 11.5 Å². The van der Waals surface area contributed by atoms with Gasteiger partial charge in [-0.25, -0.2) is 9.97 Å². The lowest BCUT2D eigenvalue weighted by molar-refractivity contribution is -0.118. The molecule has 10 heteroatoms. The summed E-state index contributed by atoms with van der Waals surface area (Å²) < 4.78 is 4.44. The van der Waals surface area contributed by atoms with Crippen LogP contribution in [-0.4, -0.2) is 42.8 Å². The number of ether oxygens (including phenoxy) is 1. The van der Waals surface area contributed by atoms with Crippen molar-refractivity contribution in [3.05, 3.63) is 24.5 Å². The second-order valence-electron chi connectivity index (χ2n) is 6.63. The number of nitrogen functional groups attached to an aromatic ring is 1. The third-order valence-electron chi connectivity index (χ3n) is 4.82. The van der Waals surface area contributed by atoms with Crippen molar-refractivity contribution in [1.82, 2.24) is 19.9 Å². The summed E-state index contributed by atoms with van der Waals surface area (Å²) in [5.41, 5.74) is 7.52. The van der Waals surface area contributed by atoms with Crippen LogP contribution in [-0.2, 0) is 4.79 Å². The number of thioether (sulfide) groups is 1. The molecule has 0 spiro atoms. The number of nitrogens with one attached hydrogen (secondary N) is 2. The highest BCUT2D eigenvalue weighted by molar-refractivity contribution is 8.01. The Morgan fingerprint density at radius 3 is 2.89 bits per heavy atom. The number of anilines is 2. The molecule has 2 heterocycles. The number of phenolic OH excluding ortho intramolecular Hbond substituents is 1. The van der Waals surface area contributed by atoms with E-state index in [4.69, 9.17) is 10.5 Å². The molecule has 1 aliphatic carbocycles. The van der Waals surface area contributed by atoms with Gasteiger partial charge in [-0.1, -0.05) is 24.6 Å². The van der Waals surface area contributed by atoms with E-state index in [9.17, 15) is 9.90 Å². The number of rotatable bonds is 5. The van der Waals surface area contributed by atoms with Crippen LogP contribution >= 0.6 is 11.8 Å². The summed E-state index contributed by atoms with van der Waals surface area (Å²) in [5, 5.41) is 13.3. The first-order valence-electron chi connectivity index (χ1n) is 8.85. The highest BCUT2D eigenvalue weighted by Crippen LogP contribution is 2.47. The molecule has 0 radical (unpaired) electrons. The number of benzene rings is 1. The number of amides is 1. The molecule has 0 aliphatic heterocycles. The lowest BCUT2D eigenvalue weighted by Gasteiger charge is -2.27. The smallest absolute Gasteiger partial charge is 0.241 e. The van der Waals surface area contributed by atoms with Crippen LogP contribution in [0.15, 0.2) is 29.6 Å². The molecule has 5 N–H and O–H groups in total. The van der Waals surface area contributed by atoms with E-state index in [-0.39, 0.29) is 17.6 Å². The SMILES string of the molecule is COc1cc(NC(=O)C2(Sc3nc(N)nc4nc[nH]c34)CCCC2)ccc1O. The van der Waals surface area contributed by atoms with Crippen LogP contribution < -0.4 is 15.8 Å². The lowest BCUT2D eigenvalue weighted by atomic mass is 10.1. The molecule has 1 aromatic carbocycles. The largest absolute Gasteiger partial charge is 0.504 e. The van der Waals surface area contributed by atoms with Gasteiger partial charge in [-0.2, -0.15) is 4.98 Å². The van der Waals surface area contributed by atoms with E-state index in [0.717, 1.165) is 25.7 Å². The Kier molecular flexibility index (Phi) is 4.71. The minimum Gasteiger partial charge on any atom is -0.504 e. The second kappa shape index (κ2) is 7.19. The number of H-pyrrole nitrogens is 1. The van der Waals surface area contributed by atoms with Gasteiger partial charge in [0.1, 0.15) is 15.3 Å². The van der Waals surface area contributed by atoms with E-state index < -0.39 is 4.75 Å². The molecule has 0 bridgehead atoms. The number of phenols is 1. The molecule has 3 aromatic rings. The number of aromatic nitrogens is 4. The minimum absolute atomic E-state index is 0.0172. The molecular formula is C18H20N6O3S. The Labute approximate surface area is 165 Å². The maximum absolute atomic E-state index is 13.2. The van der Waals surface area contributed by atoms with Gasteiger partial charge in [0.05, 0.1) is 13.4 Å². The van der Waals surface area contributed by atoms with Gasteiger partial charge in [0.2, 0.25) is 11.9 Å². The Hall–Kier alpha value is -3.01. The molecule has 0 unspecified atom stereocenters. The van der Waals surface area contributed by atoms with Gasteiger partial charge in [-0.05, 0) is 25.0 Å². The fraction of sp³-hybridized carbons (Fsp3) is 0.333. The molecule has 28 heavy (non-hydrogen) atoms. The number of fused-ring (bicyclic) bond motifs is 1. The Morgan fingerprint density at radius 2 is 2.14 bits per heavy atom. The van der Waals surface area contributed by atoms with Gasteiger partial charge < -0.3 is 25.9 Å². The van der Waals surface area contributed by atoms with Crippen molar-refractivity contribution in [3.63, 3.8) is 0 Å². The zero-order valence-electron chi connectivity index (χ0n) is 15.2. The summed E-state index contributed by atoms with van der Waals surface area (Å²) >= 11 is 1.39. The fourth-order valence-corrected chi connectivity index (χ4v) is 4.80. The third kappa shape index (κ3) is 3.31. The van der Waals surface area contributed by atoms with Crippen molar-refractivity contribution in [2.45, 2.75) is 35.5 Å². The van der Waals surface area contributed by atoms with E-state index in [1.54, 1.807) is 12.1 Å². The first kappa shape index (κ1) is 18.4. The number of aromatic amines is 1. The topological polar surface area (TPSA) is 139 Å². The third-order valence-corrected chi connectivity index (χ3v) is 6.30. The molecule has 1 fully saturated rings. The van der Waals surface area contributed by atoms with Gasteiger partial charge in [-0.3, -0.25) is 4.79 Å². The zero-order valence-corrected chi connectivity index (χ0v) is 16.0. The van der Waals surface area contributed by atoms with Crippen molar-refractivity contribution in [2.75, 3.05) is 18.2 Å². The van der Waals surface area contributed by atoms with Crippen LogP contribution in [0.25, 0.3) is 11.2 Å². The predicted octanol–water partition coefficient (Wildman–Crippen LogP) is 2.69. The summed E-state index contributed by atoms with van der Waals surface area (Å²) in [6.07, 6.45) is 4.88. The minimum atomic E-state index is -0.677. The molecule has 2 aromatic heterocycles. The summed E-state index contributed by atoms with van der Waals surface area (Å²) in [5.74, 6) is 0.323. The molecule has 9 nitrogen and oxygen atoms in total. The first-order chi connectivity index (χ1) is 13.5. The number of nitrogens with zero attached hydrogens (tertiary/aromatic N) is 3. The number of hydrogen-bond acceptors (Lipinski definition) is 8. The highest BCUT2D eigenvalue weighted by Gasteiger charge is 2.43. The first-order valence-corrected chi connectivity index (χ1v) is 9.66. The molecule has 0 atom stereocenters. The van der Waals surface area contributed by atoms with Gasteiger partial charge in [0, 0.05) is 11.8 Å². The number of imidazole rings is 1. The number of carbonyl (C=O) groups is 1. The lowest BCUT2D eigenvalue weighted by Crippen LogP contribution is -2.37. The summed E-state index contributed by atoms with van der Waals surface area (Å²) in [4.78, 5) is 28.9. The monoisotopic (exact) mass is 400 g/mol. The van der Waals surface area contributed by atoms with Gasteiger partial charge >= 0.3 is 0 Å². The van der Waals surface area contributed by atoms with Crippen molar-refractivity contribution in [1.29, 1.82) is 0 Å². The Morgan fingerprint density at radius 1 is 1.36 bits per heavy atom. The van der Waals surface area contributed by atoms with E-state index >= 15 is 0 Å². The van der Waals surface area contributed by atoms with Crippen molar-refractivity contribution in [2.24, 2.45) is 0 Å². The molecule has 0 saturated heterocycles. The van der Waals surface area contributed by atoms with Crippen LogP contribution in [0.1, 0.15) is 25.7 Å². The van der Waals surface area contributed by atoms with Gasteiger partial charge in [0.25, 0.3) is 0 Å². The van der Waals surface area contributed by atoms with Crippen LogP contribution in [0.2, 0.25) is 0 Å². The highest BCUT2D eigenvalue weighted by atomic mass is 32.2. The van der Waals surface area contributed by atoms with Gasteiger partial charge in [0.15, 0.2) is 17.1 Å². The quantitative estimate of drug-likeness (QED) is 0.379. The van der Waals surface area contributed by atoms with E-state index in [1.165, 1.54) is 31.3 Å². The number of carbonyl (C=O) groups excluding carboxylic acids is 1. The van der Waals surface area contributed by atoms with Gasteiger partial charge in [-0.15, -0.1) is 0 Å². The predicted molar refractivity (Wildman–Crippen MR) is 106 cm³/mol. The summed E-state index contributed by atoms with van der Waals surface area (Å²) in [7, 11) is 1.46. The molecular weight excluding hydrogens is 380 g/mol. The molecule has 1 aliphatic rings. The maximum atomic E-state index is 13.2. The number of nitrogens with two attached hydrogens (primary N) is 1. The fourth-order valence-electron chi connectivity index (χ4n) is 3.40. The van der Waals surface area contributed by atoms with E-state index in [0.29, 0.717) is 27.6 Å². The standard InChI is InChI=1S/C18H20N6O3S/c1-27-12-8-10(4-5-11(12)25)22-16(26)18(6-2-3-7-18)28-15-13-14(21-9-20-13)23-17(19)24-15/h4-5,8-9,25H,2-3,6-7H2,1H3,(H,22,26)(H3,19,20,21,23,24). The normalized spacial score (nSPS) is 15.6.